The van der Waals surface area contributed by atoms with Crippen LogP contribution in [0.4, 0.5) is 16.2 Å². The number of para-hydroxylation sites is 2. The molecule has 1 aromatic carbocycles. The predicted molar refractivity (Wildman–Crippen MR) is 102 cm³/mol. The number of hydrogen-bond acceptors (Lipinski definition) is 4. The van der Waals surface area contributed by atoms with E-state index in [4.69, 9.17) is 0 Å². The second kappa shape index (κ2) is 9.62. The average molecular weight is 369 g/mol. The van der Waals surface area contributed by atoms with Crippen molar-refractivity contribution in [2.24, 2.45) is 0 Å². The highest BCUT2D eigenvalue weighted by Gasteiger charge is 2.14. The molecule has 7 nitrogen and oxygen atoms in total. The van der Waals surface area contributed by atoms with Crippen LogP contribution in [0.5, 0.6) is 0 Å². The number of nitrogens with one attached hydrogen (secondary N) is 3. The van der Waals surface area contributed by atoms with Gasteiger partial charge < -0.3 is 15.5 Å². The van der Waals surface area contributed by atoms with Crippen LogP contribution in [-0.4, -0.2) is 46.9 Å². The summed E-state index contributed by atoms with van der Waals surface area (Å²) < 4.78 is 24.3. The third-order valence-electron chi connectivity index (χ3n) is 4.10. The molecule has 0 saturated carbocycles. The molecule has 0 aliphatic carbocycles. The molecule has 1 aliphatic heterocycles. The van der Waals surface area contributed by atoms with Crippen LogP contribution < -0.4 is 20.3 Å². The largest absolute Gasteiger partial charge is 0.370 e. The van der Waals surface area contributed by atoms with E-state index in [0.717, 1.165) is 30.7 Å². The standard InChI is InChI=1S/C17H28N4O3S/c1-25(23,24)19-12-8-11-18-17(22)20-15-9-4-5-10-16(15)21-13-6-2-3-7-14-21/h4-5,9-10,19H,2-3,6-8,11-14H2,1H3,(H2,18,20,22). The van der Waals surface area contributed by atoms with Crippen molar-refractivity contribution in [2.75, 3.05) is 42.7 Å². The van der Waals surface area contributed by atoms with E-state index in [1.807, 2.05) is 24.3 Å². The van der Waals surface area contributed by atoms with Gasteiger partial charge in [-0.3, -0.25) is 0 Å². The molecule has 1 aliphatic rings. The van der Waals surface area contributed by atoms with Gasteiger partial charge in [0.25, 0.3) is 0 Å². The lowest BCUT2D eigenvalue weighted by Gasteiger charge is -2.25. The molecule has 140 valence electrons. The number of nitrogens with zero attached hydrogens (tertiary/aromatic N) is 1. The zero-order chi connectivity index (χ0) is 18.1. The summed E-state index contributed by atoms with van der Waals surface area (Å²) in [6.45, 7) is 2.73. The highest BCUT2D eigenvalue weighted by atomic mass is 32.2. The second-order valence-electron chi connectivity index (χ2n) is 6.32. The van der Waals surface area contributed by atoms with Crippen LogP contribution in [0.1, 0.15) is 32.1 Å². The molecule has 25 heavy (non-hydrogen) atoms. The van der Waals surface area contributed by atoms with E-state index in [9.17, 15) is 13.2 Å². The molecule has 0 unspecified atom stereocenters. The predicted octanol–water partition coefficient (Wildman–Crippen LogP) is 2.13. The fourth-order valence-corrected chi connectivity index (χ4v) is 3.40. The Labute approximate surface area is 150 Å². The van der Waals surface area contributed by atoms with Crippen molar-refractivity contribution in [1.82, 2.24) is 10.0 Å². The first-order chi connectivity index (χ1) is 12.0. The third kappa shape index (κ3) is 7.31. The smallest absolute Gasteiger partial charge is 0.319 e. The Bertz CT molecular complexity index is 656. The van der Waals surface area contributed by atoms with Crippen molar-refractivity contribution >= 4 is 27.4 Å². The lowest BCUT2D eigenvalue weighted by molar-refractivity contribution is 0.252. The molecule has 0 aromatic heterocycles. The van der Waals surface area contributed by atoms with Crippen LogP contribution >= 0.6 is 0 Å². The topological polar surface area (TPSA) is 90.5 Å². The van der Waals surface area contributed by atoms with Crippen molar-refractivity contribution in [3.05, 3.63) is 24.3 Å². The average Bonchev–Trinajstić information content (AvgIpc) is 2.83. The molecule has 1 saturated heterocycles. The van der Waals surface area contributed by atoms with Gasteiger partial charge in [0.05, 0.1) is 17.6 Å². The van der Waals surface area contributed by atoms with E-state index in [0.29, 0.717) is 19.5 Å². The van der Waals surface area contributed by atoms with Gasteiger partial charge in [0, 0.05) is 26.2 Å². The Balaban J connectivity index is 1.84. The molecule has 1 fully saturated rings. The molecular formula is C17H28N4O3S. The molecule has 1 aromatic rings. The van der Waals surface area contributed by atoms with E-state index >= 15 is 0 Å². The maximum Gasteiger partial charge on any atom is 0.319 e. The summed E-state index contributed by atoms with van der Waals surface area (Å²) in [5.74, 6) is 0. The van der Waals surface area contributed by atoms with Crippen LogP contribution in [0.2, 0.25) is 0 Å². The minimum Gasteiger partial charge on any atom is -0.370 e. The third-order valence-corrected chi connectivity index (χ3v) is 4.83. The Morgan fingerprint density at radius 2 is 1.76 bits per heavy atom. The van der Waals surface area contributed by atoms with Crippen LogP contribution in [0, 0.1) is 0 Å². The minimum atomic E-state index is -3.18. The molecule has 8 heteroatoms. The number of benzene rings is 1. The van der Waals surface area contributed by atoms with E-state index in [1.165, 1.54) is 25.7 Å². The molecule has 3 N–H and O–H groups in total. The molecule has 0 radical (unpaired) electrons. The second-order valence-corrected chi connectivity index (χ2v) is 8.15. The number of carbonyl (C=O) groups excluding carboxylic acids is 1. The van der Waals surface area contributed by atoms with Gasteiger partial charge in [-0.25, -0.2) is 17.9 Å². The van der Waals surface area contributed by atoms with E-state index in [1.54, 1.807) is 0 Å². The van der Waals surface area contributed by atoms with E-state index in [-0.39, 0.29) is 6.03 Å². The lowest BCUT2D eigenvalue weighted by atomic mass is 10.2. The fourth-order valence-electron chi connectivity index (χ4n) is 2.88. The zero-order valence-corrected chi connectivity index (χ0v) is 15.6. The maximum atomic E-state index is 12.1. The maximum absolute atomic E-state index is 12.1. The van der Waals surface area contributed by atoms with Gasteiger partial charge in [-0.1, -0.05) is 25.0 Å². The Kier molecular flexibility index (Phi) is 7.52. The summed E-state index contributed by atoms with van der Waals surface area (Å²) in [6, 6.07) is 7.57. The van der Waals surface area contributed by atoms with Crippen molar-refractivity contribution in [2.45, 2.75) is 32.1 Å². The van der Waals surface area contributed by atoms with Gasteiger partial charge in [0.1, 0.15) is 0 Å². The molecule has 0 spiro atoms. The van der Waals surface area contributed by atoms with Gasteiger partial charge in [-0.15, -0.1) is 0 Å². The van der Waals surface area contributed by atoms with Gasteiger partial charge in [0.2, 0.25) is 10.0 Å². The Hall–Kier alpha value is -1.80. The van der Waals surface area contributed by atoms with Crippen LogP contribution in [0.3, 0.4) is 0 Å². The van der Waals surface area contributed by atoms with Crippen molar-refractivity contribution in [1.29, 1.82) is 0 Å². The number of hydrogen-bond donors (Lipinski definition) is 3. The molecule has 0 bridgehead atoms. The fraction of sp³-hybridized carbons (Fsp3) is 0.588. The number of sulfonamides is 1. The van der Waals surface area contributed by atoms with E-state index < -0.39 is 10.0 Å². The number of amides is 2. The Morgan fingerprint density at radius 3 is 2.44 bits per heavy atom. The molecular weight excluding hydrogens is 340 g/mol. The number of anilines is 2. The Morgan fingerprint density at radius 1 is 1.08 bits per heavy atom. The van der Waals surface area contributed by atoms with Gasteiger partial charge >= 0.3 is 6.03 Å². The summed E-state index contributed by atoms with van der Waals surface area (Å²) in [5.41, 5.74) is 1.86. The molecule has 2 rings (SSSR count). The quantitative estimate of drug-likeness (QED) is 0.643. The van der Waals surface area contributed by atoms with Gasteiger partial charge in [-0.2, -0.15) is 0 Å². The molecule has 1 heterocycles. The number of urea groups is 1. The SMILES string of the molecule is CS(=O)(=O)NCCCNC(=O)Nc1ccccc1N1CCCCCC1. The monoisotopic (exact) mass is 368 g/mol. The lowest BCUT2D eigenvalue weighted by Crippen LogP contribution is -2.33. The summed E-state index contributed by atoms with van der Waals surface area (Å²) in [6.07, 6.45) is 6.52. The highest BCUT2D eigenvalue weighted by Crippen LogP contribution is 2.27. The highest BCUT2D eigenvalue weighted by molar-refractivity contribution is 7.88. The van der Waals surface area contributed by atoms with Crippen molar-refractivity contribution in [3.63, 3.8) is 0 Å². The summed E-state index contributed by atoms with van der Waals surface area (Å²) in [4.78, 5) is 14.4. The minimum absolute atomic E-state index is 0.276. The van der Waals surface area contributed by atoms with Gasteiger partial charge in [-0.05, 0) is 31.4 Å². The first-order valence-corrected chi connectivity index (χ1v) is 10.7. The van der Waals surface area contributed by atoms with Crippen molar-refractivity contribution < 1.29 is 13.2 Å². The normalized spacial score (nSPS) is 15.5. The first-order valence-electron chi connectivity index (χ1n) is 8.79. The van der Waals surface area contributed by atoms with E-state index in [2.05, 4.69) is 20.3 Å². The van der Waals surface area contributed by atoms with Crippen LogP contribution in [0.15, 0.2) is 24.3 Å². The summed E-state index contributed by atoms with van der Waals surface area (Å²) in [7, 11) is -3.18. The zero-order valence-electron chi connectivity index (χ0n) is 14.8. The first kappa shape index (κ1) is 19.5. The number of carbonyl (C=O) groups is 1. The molecule has 2 amide bonds. The van der Waals surface area contributed by atoms with Crippen molar-refractivity contribution in [3.8, 4) is 0 Å². The van der Waals surface area contributed by atoms with Crippen LogP contribution in [0.25, 0.3) is 0 Å². The summed E-state index contributed by atoms with van der Waals surface area (Å²) >= 11 is 0. The molecule has 0 atom stereocenters. The number of rotatable bonds is 7. The van der Waals surface area contributed by atoms with Gasteiger partial charge in [0.15, 0.2) is 0 Å². The summed E-state index contributed by atoms with van der Waals surface area (Å²) in [5, 5.41) is 5.66. The van der Waals surface area contributed by atoms with Crippen LogP contribution in [-0.2, 0) is 10.0 Å².